The minimum Gasteiger partial charge on any atom is -0.300 e. The third-order valence-corrected chi connectivity index (χ3v) is 8.31. The lowest BCUT2D eigenvalue weighted by atomic mass is 9.99. The number of rotatable bonds is 4. The van der Waals surface area contributed by atoms with Crippen LogP contribution >= 0.6 is 0 Å². The van der Waals surface area contributed by atoms with Crippen molar-refractivity contribution in [1.82, 2.24) is 0 Å². The highest BCUT2D eigenvalue weighted by Gasteiger charge is 2.35. The summed E-state index contributed by atoms with van der Waals surface area (Å²) < 4.78 is 37.6. The molecule has 1 unspecified atom stereocenters. The van der Waals surface area contributed by atoms with Crippen molar-refractivity contribution in [3.8, 4) is 11.5 Å². The summed E-state index contributed by atoms with van der Waals surface area (Å²) in [4.78, 5) is 11.0. The Bertz CT molecular complexity index is 394. The second-order valence-electron chi connectivity index (χ2n) is 6.90. The van der Waals surface area contributed by atoms with E-state index >= 15 is 0 Å². The molecule has 0 spiro atoms. The predicted octanol–water partition coefficient (Wildman–Crippen LogP) is 4.98. The first-order chi connectivity index (χ1) is 8.74. The number of alkyl halides is 3. The van der Waals surface area contributed by atoms with Crippen LogP contribution in [0.3, 0.4) is 0 Å². The highest BCUT2D eigenvalue weighted by atomic mass is 28.3. The Hall–Kier alpha value is -0.763. The molecular weight excluding hydrogens is 281 g/mol. The summed E-state index contributed by atoms with van der Waals surface area (Å²) in [5.41, 5.74) is 3.12. The van der Waals surface area contributed by atoms with Crippen LogP contribution in [0, 0.1) is 17.4 Å². The van der Waals surface area contributed by atoms with Crippen molar-refractivity contribution in [1.29, 1.82) is 0 Å². The van der Waals surface area contributed by atoms with Crippen LogP contribution in [0.1, 0.15) is 47.0 Å². The van der Waals surface area contributed by atoms with Gasteiger partial charge in [0, 0.05) is 12.3 Å². The van der Waals surface area contributed by atoms with E-state index in [0.717, 1.165) is 0 Å². The van der Waals surface area contributed by atoms with Gasteiger partial charge in [-0.25, -0.2) is 0 Å². The van der Waals surface area contributed by atoms with Gasteiger partial charge in [-0.3, -0.25) is 0 Å². The molecule has 0 saturated carbocycles. The predicted molar refractivity (Wildman–Crippen MR) is 79.1 cm³/mol. The van der Waals surface area contributed by atoms with Gasteiger partial charge < -0.3 is 4.79 Å². The van der Waals surface area contributed by atoms with Gasteiger partial charge in [-0.2, -0.15) is 13.2 Å². The second kappa shape index (κ2) is 6.80. The first-order valence-corrected chi connectivity index (χ1v) is 9.83. The topological polar surface area (TPSA) is 17.1 Å². The number of halogens is 3. The molecule has 0 aliphatic rings. The lowest BCUT2D eigenvalue weighted by molar-refractivity contribution is -0.141. The minimum absolute atomic E-state index is 0.0172. The van der Waals surface area contributed by atoms with Gasteiger partial charge in [0.05, 0.1) is 6.42 Å². The maximum atomic E-state index is 12.5. The monoisotopic (exact) mass is 306 g/mol. The zero-order valence-electron chi connectivity index (χ0n) is 13.2. The number of hydrogen-bond donors (Lipinski definition) is 0. The zero-order valence-corrected chi connectivity index (χ0v) is 14.2. The van der Waals surface area contributed by atoms with Crippen LogP contribution in [0.25, 0.3) is 0 Å². The average molecular weight is 306 g/mol. The van der Waals surface area contributed by atoms with Crippen LogP contribution < -0.4 is 0 Å². The molecule has 0 aromatic rings. The molecule has 0 bridgehead atoms. The third kappa shape index (κ3) is 7.74. The van der Waals surface area contributed by atoms with E-state index in [1.807, 2.05) is 0 Å². The summed E-state index contributed by atoms with van der Waals surface area (Å²) >= 11 is 0. The van der Waals surface area contributed by atoms with Crippen molar-refractivity contribution in [3.63, 3.8) is 0 Å². The summed E-state index contributed by atoms with van der Waals surface area (Å²) in [6.07, 6.45) is -4.81. The van der Waals surface area contributed by atoms with Crippen LogP contribution in [0.5, 0.6) is 0 Å². The molecule has 116 valence electrons. The van der Waals surface area contributed by atoms with Gasteiger partial charge in [0.2, 0.25) is 0 Å². The SMILES string of the molecule is CC(=O)CCC(C#C[Si](C)(C)C(C)(C)C)CC(F)(F)F. The van der Waals surface area contributed by atoms with E-state index < -0.39 is 26.6 Å². The van der Waals surface area contributed by atoms with Gasteiger partial charge in [-0.05, 0) is 18.4 Å². The normalized spacial score (nSPS) is 14.4. The summed E-state index contributed by atoms with van der Waals surface area (Å²) in [6, 6.07) is 0. The Morgan fingerprint density at radius 1 is 1.20 bits per heavy atom. The van der Waals surface area contributed by atoms with Crippen LogP contribution in [0.15, 0.2) is 0 Å². The Morgan fingerprint density at radius 3 is 2.05 bits per heavy atom. The maximum absolute atomic E-state index is 12.5. The van der Waals surface area contributed by atoms with Crippen LogP contribution in [0.4, 0.5) is 13.2 Å². The fraction of sp³-hybridized carbons (Fsp3) is 0.800. The molecule has 0 radical (unpaired) electrons. The standard InChI is InChI=1S/C15H25F3OSi/c1-12(19)7-8-13(11-15(16,17)18)9-10-20(5,6)14(2,3)4/h13H,7-8,11H2,1-6H3. The summed E-state index contributed by atoms with van der Waals surface area (Å²) in [5.74, 6) is 1.96. The van der Waals surface area contributed by atoms with E-state index in [0.29, 0.717) is 0 Å². The minimum atomic E-state index is -4.23. The maximum Gasteiger partial charge on any atom is 0.390 e. The molecule has 0 aromatic heterocycles. The van der Waals surface area contributed by atoms with E-state index in [2.05, 4.69) is 45.3 Å². The van der Waals surface area contributed by atoms with Crippen molar-refractivity contribution in [3.05, 3.63) is 0 Å². The van der Waals surface area contributed by atoms with Crippen molar-refractivity contribution in [2.75, 3.05) is 0 Å². The Morgan fingerprint density at radius 2 is 1.70 bits per heavy atom. The van der Waals surface area contributed by atoms with Gasteiger partial charge in [-0.1, -0.05) is 33.9 Å². The quantitative estimate of drug-likeness (QED) is 0.529. The molecule has 5 heteroatoms. The third-order valence-electron chi connectivity index (χ3n) is 3.79. The second-order valence-corrected chi connectivity index (χ2v) is 11.9. The van der Waals surface area contributed by atoms with Crippen LogP contribution in [-0.4, -0.2) is 20.0 Å². The summed E-state index contributed by atoms with van der Waals surface area (Å²) in [7, 11) is -1.91. The Balaban J connectivity index is 5.03. The first-order valence-electron chi connectivity index (χ1n) is 6.83. The van der Waals surface area contributed by atoms with E-state index in [9.17, 15) is 18.0 Å². The van der Waals surface area contributed by atoms with Crippen LogP contribution in [0.2, 0.25) is 18.1 Å². The van der Waals surface area contributed by atoms with Gasteiger partial charge in [0.25, 0.3) is 0 Å². The smallest absolute Gasteiger partial charge is 0.300 e. The van der Waals surface area contributed by atoms with E-state index in [1.165, 1.54) is 6.92 Å². The molecule has 1 nitrogen and oxygen atoms in total. The number of hydrogen-bond acceptors (Lipinski definition) is 1. The fourth-order valence-electron chi connectivity index (χ4n) is 1.35. The number of Topliss-reactive ketones (excluding diaryl/α,β-unsaturated/α-hetero) is 1. The molecule has 0 N–H and O–H groups in total. The van der Waals surface area contributed by atoms with Crippen molar-refractivity contribution >= 4 is 13.9 Å². The largest absolute Gasteiger partial charge is 0.390 e. The Labute approximate surface area is 121 Å². The molecule has 0 aliphatic heterocycles. The lowest BCUT2D eigenvalue weighted by Crippen LogP contribution is -2.35. The molecule has 0 heterocycles. The number of carbonyl (C=O) groups is 1. The molecule has 0 fully saturated rings. The fourth-order valence-corrected chi connectivity index (χ4v) is 2.29. The molecule has 0 aliphatic carbocycles. The van der Waals surface area contributed by atoms with Crippen LogP contribution in [-0.2, 0) is 4.79 Å². The first kappa shape index (κ1) is 19.2. The lowest BCUT2D eigenvalue weighted by Gasteiger charge is -2.31. The number of ketones is 1. The number of carbonyl (C=O) groups excluding carboxylic acids is 1. The van der Waals surface area contributed by atoms with Crippen molar-refractivity contribution in [2.24, 2.45) is 5.92 Å². The zero-order chi connectivity index (χ0) is 16.2. The molecule has 0 rings (SSSR count). The summed E-state index contributed by atoms with van der Waals surface area (Å²) in [5, 5.41) is 0.0172. The van der Waals surface area contributed by atoms with E-state index in [1.54, 1.807) is 0 Å². The average Bonchev–Trinajstić information content (AvgIpc) is 2.18. The Kier molecular flexibility index (Phi) is 6.54. The molecule has 0 saturated heterocycles. The van der Waals surface area contributed by atoms with Gasteiger partial charge in [-0.15, -0.1) is 11.5 Å². The molecule has 20 heavy (non-hydrogen) atoms. The van der Waals surface area contributed by atoms with Gasteiger partial charge in [0.1, 0.15) is 13.9 Å². The van der Waals surface area contributed by atoms with E-state index in [-0.39, 0.29) is 23.7 Å². The summed E-state index contributed by atoms with van der Waals surface area (Å²) in [6.45, 7) is 11.7. The molecule has 0 aromatic carbocycles. The van der Waals surface area contributed by atoms with Crippen molar-refractivity contribution < 1.29 is 18.0 Å². The molecular formula is C15H25F3OSi. The van der Waals surface area contributed by atoms with Gasteiger partial charge >= 0.3 is 6.18 Å². The highest BCUT2D eigenvalue weighted by Crippen LogP contribution is 2.35. The molecule has 1 atom stereocenters. The van der Waals surface area contributed by atoms with E-state index in [4.69, 9.17) is 0 Å². The van der Waals surface area contributed by atoms with Crippen molar-refractivity contribution in [2.45, 2.75) is 71.3 Å². The highest BCUT2D eigenvalue weighted by molar-refractivity contribution is 6.87. The molecule has 0 amide bonds. The van der Waals surface area contributed by atoms with Gasteiger partial charge in [0.15, 0.2) is 0 Å².